The summed E-state index contributed by atoms with van der Waals surface area (Å²) in [6.45, 7) is 6.56. The monoisotopic (exact) mass is 395 g/mol. The van der Waals surface area contributed by atoms with Gasteiger partial charge in [-0.2, -0.15) is 0 Å². The molecule has 0 unspecified atom stereocenters. The molecule has 28 heavy (non-hydrogen) atoms. The van der Waals surface area contributed by atoms with Crippen LogP contribution in [0.4, 0.5) is 0 Å². The van der Waals surface area contributed by atoms with Gasteiger partial charge in [-0.1, -0.05) is 61.2 Å². The van der Waals surface area contributed by atoms with Crippen LogP contribution < -0.4 is 10.9 Å². The van der Waals surface area contributed by atoms with E-state index in [0.717, 1.165) is 0 Å². The summed E-state index contributed by atoms with van der Waals surface area (Å²) in [5.41, 5.74) is 1.78. The van der Waals surface area contributed by atoms with Gasteiger partial charge in [0.25, 0.3) is 5.56 Å². The third kappa shape index (κ3) is 4.62. The first-order valence-corrected chi connectivity index (χ1v) is 10.4. The summed E-state index contributed by atoms with van der Waals surface area (Å²) in [6.07, 6.45) is 0. The number of carbonyl (C=O) groups is 1. The Morgan fingerprint density at radius 3 is 2.46 bits per heavy atom. The van der Waals surface area contributed by atoms with Crippen LogP contribution in [0, 0.1) is 0 Å². The molecule has 1 aromatic heterocycles. The van der Waals surface area contributed by atoms with Crippen molar-refractivity contribution in [3.8, 4) is 0 Å². The van der Waals surface area contributed by atoms with Crippen molar-refractivity contribution in [2.24, 2.45) is 0 Å². The van der Waals surface area contributed by atoms with Crippen molar-refractivity contribution < 1.29 is 4.79 Å². The van der Waals surface area contributed by atoms with E-state index >= 15 is 0 Å². The largest absolute Gasteiger partial charge is 0.355 e. The minimum absolute atomic E-state index is 0.0340. The third-order valence-corrected chi connectivity index (χ3v) is 5.55. The summed E-state index contributed by atoms with van der Waals surface area (Å²) in [5.74, 6) is 0.396. The highest BCUT2D eigenvalue weighted by molar-refractivity contribution is 7.99. The summed E-state index contributed by atoms with van der Waals surface area (Å²) in [6, 6.07) is 17.4. The van der Waals surface area contributed by atoms with Crippen LogP contribution in [0.1, 0.15) is 38.3 Å². The molecule has 0 bridgehead atoms. The van der Waals surface area contributed by atoms with Gasteiger partial charge in [-0.05, 0) is 37.5 Å². The van der Waals surface area contributed by atoms with Crippen LogP contribution in [0.2, 0.25) is 0 Å². The number of nitrogens with zero attached hydrogens (tertiary/aromatic N) is 2. The van der Waals surface area contributed by atoms with E-state index in [9.17, 15) is 9.59 Å². The predicted octanol–water partition coefficient (Wildman–Crippen LogP) is 3.99. The van der Waals surface area contributed by atoms with E-state index in [0.29, 0.717) is 22.6 Å². The zero-order valence-electron chi connectivity index (χ0n) is 16.4. The molecule has 6 heteroatoms. The first-order chi connectivity index (χ1) is 13.5. The number of hydrogen-bond acceptors (Lipinski definition) is 4. The van der Waals surface area contributed by atoms with Gasteiger partial charge in [-0.3, -0.25) is 14.2 Å². The molecule has 1 N–H and O–H groups in total. The number of rotatable bonds is 7. The van der Waals surface area contributed by atoms with E-state index in [-0.39, 0.29) is 29.2 Å². The van der Waals surface area contributed by atoms with Gasteiger partial charge in [-0.15, -0.1) is 0 Å². The highest BCUT2D eigenvalue weighted by atomic mass is 32.2. The standard InChI is InChI=1S/C22H25N3O2S/c1-15(2)25-21(27)18-11-7-8-12-19(18)24-22(25)28-14-20(26)23-13-16(3)17-9-5-4-6-10-17/h4-12,15-16H,13-14H2,1-3H3,(H,23,26)/t16-/m1/s1. The van der Waals surface area contributed by atoms with Crippen molar-refractivity contribution >= 4 is 28.6 Å². The molecule has 146 valence electrons. The van der Waals surface area contributed by atoms with Crippen molar-refractivity contribution in [3.63, 3.8) is 0 Å². The average molecular weight is 396 g/mol. The molecule has 0 radical (unpaired) electrons. The number of para-hydroxylation sites is 1. The molecule has 0 aliphatic carbocycles. The quantitative estimate of drug-likeness (QED) is 0.485. The Hall–Kier alpha value is -2.60. The lowest BCUT2D eigenvalue weighted by atomic mass is 10.0. The molecular formula is C22H25N3O2S. The molecule has 2 aromatic carbocycles. The molecule has 3 aromatic rings. The Labute approximate surface area is 169 Å². The zero-order valence-corrected chi connectivity index (χ0v) is 17.2. The lowest BCUT2D eigenvalue weighted by molar-refractivity contribution is -0.118. The molecule has 1 amide bonds. The molecule has 1 atom stereocenters. The van der Waals surface area contributed by atoms with Gasteiger partial charge in [0.15, 0.2) is 5.16 Å². The topological polar surface area (TPSA) is 64.0 Å². The van der Waals surface area contributed by atoms with Crippen molar-refractivity contribution in [2.45, 2.75) is 37.9 Å². The van der Waals surface area contributed by atoms with Gasteiger partial charge >= 0.3 is 0 Å². The van der Waals surface area contributed by atoms with Crippen LogP contribution in [0.3, 0.4) is 0 Å². The van der Waals surface area contributed by atoms with E-state index in [2.05, 4.69) is 29.4 Å². The van der Waals surface area contributed by atoms with Gasteiger partial charge < -0.3 is 5.32 Å². The minimum Gasteiger partial charge on any atom is -0.355 e. The van der Waals surface area contributed by atoms with E-state index in [4.69, 9.17) is 0 Å². The second-order valence-electron chi connectivity index (χ2n) is 7.08. The fourth-order valence-electron chi connectivity index (χ4n) is 3.03. The Bertz CT molecular complexity index is 1020. The maximum absolute atomic E-state index is 12.8. The number of nitrogens with one attached hydrogen (secondary N) is 1. The summed E-state index contributed by atoms with van der Waals surface area (Å²) >= 11 is 1.30. The van der Waals surface area contributed by atoms with Crippen molar-refractivity contribution in [2.75, 3.05) is 12.3 Å². The lowest BCUT2D eigenvalue weighted by Gasteiger charge is -2.16. The second-order valence-corrected chi connectivity index (χ2v) is 8.03. The lowest BCUT2D eigenvalue weighted by Crippen LogP contribution is -2.30. The first-order valence-electron chi connectivity index (χ1n) is 9.43. The Morgan fingerprint density at radius 2 is 1.75 bits per heavy atom. The van der Waals surface area contributed by atoms with Crippen LogP contribution in [0.5, 0.6) is 0 Å². The average Bonchev–Trinajstić information content (AvgIpc) is 2.70. The molecule has 1 heterocycles. The molecule has 3 rings (SSSR count). The normalized spacial score (nSPS) is 12.3. The van der Waals surface area contributed by atoms with E-state index < -0.39 is 0 Å². The van der Waals surface area contributed by atoms with E-state index in [1.807, 2.05) is 50.2 Å². The first kappa shape index (κ1) is 20.1. The minimum atomic E-state index is -0.0683. The Balaban J connectivity index is 1.68. The summed E-state index contributed by atoms with van der Waals surface area (Å²) in [4.78, 5) is 29.8. The second kappa shape index (κ2) is 9.06. The van der Waals surface area contributed by atoms with Gasteiger partial charge in [-0.25, -0.2) is 4.98 Å². The molecular weight excluding hydrogens is 370 g/mol. The number of thioether (sulfide) groups is 1. The number of hydrogen-bond donors (Lipinski definition) is 1. The molecule has 0 saturated heterocycles. The summed E-state index contributed by atoms with van der Waals surface area (Å²) in [7, 11) is 0. The molecule has 0 fully saturated rings. The molecule has 0 saturated carbocycles. The van der Waals surface area contributed by atoms with Crippen molar-refractivity contribution in [3.05, 3.63) is 70.5 Å². The smallest absolute Gasteiger partial charge is 0.262 e. The highest BCUT2D eigenvalue weighted by Gasteiger charge is 2.15. The number of benzene rings is 2. The van der Waals surface area contributed by atoms with Crippen molar-refractivity contribution in [1.82, 2.24) is 14.9 Å². The number of fused-ring (bicyclic) bond motifs is 1. The summed E-state index contributed by atoms with van der Waals surface area (Å²) < 4.78 is 1.66. The Morgan fingerprint density at radius 1 is 1.07 bits per heavy atom. The molecule has 0 spiro atoms. The zero-order chi connectivity index (χ0) is 20.1. The fourth-order valence-corrected chi connectivity index (χ4v) is 3.99. The highest BCUT2D eigenvalue weighted by Crippen LogP contribution is 2.21. The van der Waals surface area contributed by atoms with E-state index in [1.54, 1.807) is 10.6 Å². The number of aromatic nitrogens is 2. The van der Waals surface area contributed by atoms with Gasteiger partial charge in [0.2, 0.25) is 5.91 Å². The Kier molecular flexibility index (Phi) is 6.52. The summed E-state index contributed by atoms with van der Waals surface area (Å²) in [5, 5.41) is 4.15. The van der Waals surface area contributed by atoms with Gasteiger partial charge in [0.05, 0.1) is 16.7 Å². The van der Waals surface area contributed by atoms with Gasteiger partial charge in [0.1, 0.15) is 0 Å². The van der Waals surface area contributed by atoms with Crippen LogP contribution >= 0.6 is 11.8 Å². The van der Waals surface area contributed by atoms with Gasteiger partial charge in [0, 0.05) is 12.6 Å². The van der Waals surface area contributed by atoms with Crippen molar-refractivity contribution in [1.29, 1.82) is 0 Å². The number of carbonyl (C=O) groups excluding carboxylic acids is 1. The maximum atomic E-state index is 12.8. The van der Waals surface area contributed by atoms with Crippen LogP contribution in [-0.2, 0) is 4.79 Å². The van der Waals surface area contributed by atoms with Crippen LogP contribution in [0.25, 0.3) is 10.9 Å². The molecule has 5 nitrogen and oxygen atoms in total. The van der Waals surface area contributed by atoms with E-state index in [1.165, 1.54) is 17.3 Å². The SMILES string of the molecule is CC(C)n1c(SCC(=O)NC[C@@H](C)c2ccccc2)nc2ccccc2c1=O. The third-order valence-electron chi connectivity index (χ3n) is 4.60. The molecule has 0 aliphatic rings. The predicted molar refractivity (Wildman–Crippen MR) is 115 cm³/mol. The fraction of sp³-hybridized carbons (Fsp3) is 0.318. The maximum Gasteiger partial charge on any atom is 0.262 e. The van der Waals surface area contributed by atoms with Crippen LogP contribution in [-0.4, -0.2) is 27.8 Å². The molecule has 0 aliphatic heterocycles. The van der Waals surface area contributed by atoms with Crippen LogP contribution in [0.15, 0.2) is 64.5 Å². The number of amides is 1.